The average molecular weight is 254 g/mol. The summed E-state index contributed by atoms with van der Waals surface area (Å²) >= 11 is 1.93. The van der Waals surface area contributed by atoms with Crippen molar-refractivity contribution < 1.29 is 0 Å². The molecule has 1 fully saturated rings. The van der Waals surface area contributed by atoms with E-state index in [0.717, 1.165) is 24.9 Å². The van der Waals surface area contributed by atoms with Gasteiger partial charge in [0, 0.05) is 11.8 Å². The van der Waals surface area contributed by atoms with E-state index in [1.807, 2.05) is 11.8 Å². The number of aliphatic imine (C=N–C) groups is 1. The minimum Gasteiger partial charge on any atom is -0.365 e. The van der Waals surface area contributed by atoms with Crippen LogP contribution in [0.2, 0.25) is 0 Å². The number of nitrogens with zero attached hydrogens (tertiary/aromatic N) is 1. The standard InChI is InChI=1S/C14H26N2S/c1-9(2)10-7-15-12(17-10)16-8-11-13(3,4)14(11,5)6/h9-11H,7-8H2,1-6H3,(H,15,16). The van der Waals surface area contributed by atoms with Crippen molar-refractivity contribution in [1.29, 1.82) is 0 Å². The molecule has 1 aliphatic heterocycles. The molecule has 0 spiro atoms. The van der Waals surface area contributed by atoms with Gasteiger partial charge in [-0.25, -0.2) is 0 Å². The van der Waals surface area contributed by atoms with Crippen LogP contribution in [0.3, 0.4) is 0 Å². The number of nitrogens with one attached hydrogen (secondary N) is 1. The second kappa shape index (κ2) is 4.18. The van der Waals surface area contributed by atoms with Crippen LogP contribution in [0.5, 0.6) is 0 Å². The highest BCUT2D eigenvalue weighted by Gasteiger charge is 2.64. The predicted octanol–water partition coefficient (Wildman–Crippen LogP) is 3.39. The minimum atomic E-state index is 0.473. The van der Waals surface area contributed by atoms with Crippen molar-refractivity contribution in [1.82, 2.24) is 5.32 Å². The van der Waals surface area contributed by atoms with Crippen LogP contribution in [0, 0.1) is 22.7 Å². The molecule has 98 valence electrons. The van der Waals surface area contributed by atoms with Crippen LogP contribution in [0.1, 0.15) is 41.5 Å². The first kappa shape index (κ1) is 13.3. The summed E-state index contributed by atoms with van der Waals surface area (Å²) in [6.07, 6.45) is 0. The number of rotatable bonds is 3. The van der Waals surface area contributed by atoms with Gasteiger partial charge >= 0.3 is 0 Å². The zero-order valence-electron chi connectivity index (χ0n) is 12.0. The Bertz CT molecular complexity index is 317. The molecular formula is C14H26N2S. The summed E-state index contributed by atoms with van der Waals surface area (Å²) in [5.41, 5.74) is 0.947. The van der Waals surface area contributed by atoms with Crippen LogP contribution in [-0.2, 0) is 0 Å². The molecule has 0 saturated heterocycles. The maximum atomic E-state index is 4.60. The summed E-state index contributed by atoms with van der Waals surface area (Å²) in [7, 11) is 0. The van der Waals surface area contributed by atoms with E-state index in [0.29, 0.717) is 16.1 Å². The van der Waals surface area contributed by atoms with E-state index < -0.39 is 0 Å². The third kappa shape index (κ3) is 2.23. The number of amidine groups is 1. The largest absolute Gasteiger partial charge is 0.365 e. The second-order valence-electron chi connectivity index (χ2n) is 6.92. The van der Waals surface area contributed by atoms with Crippen molar-refractivity contribution in [2.24, 2.45) is 27.7 Å². The topological polar surface area (TPSA) is 24.4 Å². The van der Waals surface area contributed by atoms with E-state index in [-0.39, 0.29) is 0 Å². The van der Waals surface area contributed by atoms with Gasteiger partial charge in [-0.15, -0.1) is 0 Å². The first-order chi connectivity index (χ1) is 7.76. The van der Waals surface area contributed by atoms with Crippen molar-refractivity contribution in [2.45, 2.75) is 46.8 Å². The summed E-state index contributed by atoms with van der Waals surface area (Å²) < 4.78 is 0. The fourth-order valence-corrected chi connectivity index (χ4v) is 3.89. The maximum Gasteiger partial charge on any atom is 0.156 e. The summed E-state index contributed by atoms with van der Waals surface area (Å²) in [5.74, 6) is 1.49. The van der Waals surface area contributed by atoms with Crippen LogP contribution in [-0.4, -0.2) is 23.5 Å². The number of hydrogen-bond acceptors (Lipinski definition) is 3. The fourth-order valence-electron chi connectivity index (χ4n) is 2.87. The molecular weight excluding hydrogens is 228 g/mol. The minimum absolute atomic E-state index is 0.473. The molecule has 17 heavy (non-hydrogen) atoms. The van der Waals surface area contributed by atoms with E-state index in [1.165, 1.54) is 5.17 Å². The van der Waals surface area contributed by atoms with Crippen molar-refractivity contribution in [3.8, 4) is 0 Å². The zero-order valence-corrected chi connectivity index (χ0v) is 12.8. The van der Waals surface area contributed by atoms with Crippen molar-refractivity contribution in [2.75, 3.05) is 13.1 Å². The predicted molar refractivity (Wildman–Crippen MR) is 77.6 cm³/mol. The molecule has 1 heterocycles. The lowest BCUT2D eigenvalue weighted by atomic mass is 10.0. The molecule has 3 heteroatoms. The van der Waals surface area contributed by atoms with Gasteiger partial charge in [-0.3, -0.25) is 4.99 Å². The van der Waals surface area contributed by atoms with Gasteiger partial charge < -0.3 is 5.32 Å². The first-order valence-electron chi connectivity index (χ1n) is 6.72. The van der Waals surface area contributed by atoms with Gasteiger partial charge in [0.05, 0.1) is 6.54 Å². The molecule has 1 N–H and O–H groups in total. The highest BCUT2D eigenvalue weighted by Crippen LogP contribution is 2.67. The molecule has 0 radical (unpaired) electrons. The molecule has 0 aromatic heterocycles. The van der Waals surface area contributed by atoms with Crippen LogP contribution < -0.4 is 5.32 Å². The molecule has 2 rings (SSSR count). The number of thioether (sulfide) groups is 1. The first-order valence-corrected chi connectivity index (χ1v) is 7.59. The normalized spacial score (nSPS) is 30.5. The Labute approximate surface area is 110 Å². The third-order valence-corrected chi connectivity index (χ3v) is 6.69. The Morgan fingerprint density at radius 3 is 2.29 bits per heavy atom. The Morgan fingerprint density at radius 2 is 1.88 bits per heavy atom. The molecule has 0 aromatic rings. The highest BCUT2D eigenvalue weighted by molar-refractivity contribution is 8.14. The van der Waals surface area contributed by atoms with Gasteiger partial charge in [0.25, 0.3) is 0 Å². The quantitative estimate of drug-likeness (QED) is 0.835. The monoisotopic (exact) mass is 254 g/mol. The maximum absolute atomic E-state index is 4.60. The fraction of sp³-hybridized carbons (Fsp3) is 0.929. The van der Waals surface area contributed by atoms with E-state index in [9.17, 15) is 0 Å². The Morgan fingerprint density at radius 1 is 1.29 bits per heavy atom. The van der Waals surface area contributed by atoms with E-state index in [2.05, 4.69) is 51.9 Å². The summed E-state index contributed by atoms with van der Waals surface area (Å²) in [4.78, 5) is 4.60. The molecule has 2 aliphatic rings. The molecule has 0 bridgehead atoms. The van der Waals surface area contributed by atoms with Crippen molar-refractivity contribution >= 4 is 16.9 Å². The zero-order chi connectivity index (χ0) is 12.8. The van der Waals surface area contributed by atoms with Gasteiger partial charge in [0.15, 0.2) is 5.17 Å². The molecule has 0 amide bonds. The van der Waals surface area contributed by atoms with Crippen LogP contribution in [0.25, 0.3) is 0 Å². The lowest BCUT2D eigenvalue weighted by Crippen LogP contribution is -2.24. The van der Waals surface area contributed by atoms with E-state index in [4.69, 9.17) is 0 Å². The molecule has 1 atom stereocenters. The molecule has 0 aromatic carbocycles. The van der Waals surface area contributed by atoms with Gasteiger partial charge in [-0.1, -0.05) is 53.3 Å². The van der Waals surface area contributed by atoms with Crippen molar-refractivity contribution in [3.63, 3.8) is 0 Å². The van der Waals surface area contributed by atoms with Crippen LogP contribution >= 0.6 is 11.8 Å². The Hall–Kier alpha value is -0.180. The Kier molecular flexibility index (Phi) is 3.26. The SMILES string of the molecule is CC(C)C1CN=C(NCC2C(C)(C)C2(C)C)S1. The second-order valence-corrected chi connectivity index (χ2v) is 8.15. The van der Waals surface area contributed by atoms with Gasteiger partial charge in [-0.2, -0.15) is 0 Å². The smallest absolute Gasteiger partial charge is 0.156 e. The van der Waals surface area contributed by atoms with Gasteiger partial charge in [-0.05, 0) is 22.7 Å². The number of hydrogen-bond donors (Lipinski definition) is 1. The summed E-state index contributed by atoms with van der Waals surface area (Å²) in [6.45, 7) is 16.1. The molecule has 1 saturated carbocycles. The van der Waals surface area contributed by atoms with Crippen LogP contribution in [0.4, 0.5) is 0 Å². The lowest BCUT2D eigenvalue weighted by Gasteiger charge is -2.12. The van der Waals surface area contributed by atoms with Crippen molar-refractivity contribution in [3.05, 3.63) is 0 Å². The van der Waals surface area contributed by atoms with E-state index >= 15 is 0 Å². The van der Waals surface area contributed by atoms with E-state index in [1.54, 1.807) is 0 Å². The average Bonchev–Trinajstić information content (AvgIpc) is 2.58. The third-order valence-electron chi connectivity index (χ3n) is 5.20. The lowest BCUT2D eigenvalue weighted by molar-refractivity contribution is 0.457. The summed E-state index contributed by atoms with van der Waals surface area (Å²) in [6, 6.07) is 0. The highest BCUT2D eigenvalue weighted by atomic mass is 32.2. The molecule has 1 aliphatic carbocycles. The van der Waals surface area contributed by atoms with Crippen LogP contribution in [0.15, 0.2) is 4.99 Å². The van der Waals surface area contributed by atoms with Gasteiger partial charge in [0.1, 0.15) is 0 Å². The molecule has 2 nitrogen and oxygen atoms in total. The summed E-state index contributed by atoms with van der Waals surface area (Å²) in [5, 5.41) is 5.40. The molecule has 1 unspecified atom stereocenters. The van der Waals surface area contributed by atoms with Gasteiger partial charge in [0.2, 0.25) is 0 Å². The Balaban J connectivity index is 1.79.